The highest BCUT2D eigenvalue weighted by Gasteiger charge is 2.30. The van der Waals surface area contributed by atoms with E-state index in [4.69, 9.17) is 0 Å². The highest BCUT2D eigenvalue weighted by Crippen LogP contribution is 2.27. The molecule has 0 radical (unpaired) electrons. The first kappa shape index (κ1) is 11.6. The van der Waals surface area contributed by atoms with E-state index in [0.29, 0.717) is 6.04 Å². The van der Waals surface area contributed by atoms with Crippen molar-refractivity contribution in [3.63, 3.8) is 0 Å². The van der Waals surface area contributed by atoms with Gasteiger partial charge in [0.15, 0.2) is 0 Å². The van der Waals surface area contributed by atoms with Crippen LogP contribution in [0.4, 0.5) is 0 Å². The van der Waals surface area contributed by atoms with E-state index in [-0.39, 0.29) is 0 Å². The van der Waals surface area contributed by atoms with E-state index in [1.807, 2.05) is 0 Å². The van der Waals surface area contributed by atoms with Crippen LogP contribution in [0.2, 0.25) is 0 Å². The van der Waals surface area contributed by atoms with Crippen LogP contribution in [0.3, 0.4) is 0 Å². The van der Waals surface area contributed by atoms with Gasteiger partial charge in [-0.3, -0.25) is 4.90 Å². The van der Waals surface area contributed by atoms with Crippen LogP contribution in [0, 0.1) is 12.8 Å². The van der Waals surface area contributed by atoms with Crippen molar-refractivity contribution in [1.82, 2.24) is 9.88 Å². The molecule has 1 saturated heterocycles. The maximum absolute atomic E-state index is 4.53. The zero-order chi connectivity index (χ0) is 10.8. The highest BCUT2D eigenvalue weighted by molar-refractivity contribution is 9.09. The molecule has 0 bridgehead atoms. The fourth-order valence-corrected chi connectivity index (χ4v) is 4.03. The van der Waals surface area contributed by atoms with Crippen LogP contribution in [-0.2, 0) is 6.54 Å². The van der Waals surface area contributed by atoms with Crippen molar-refractivity contribution in [2.75, 3.05) is 11.9 Å². The molecule has 1 aromatic heterocycles. The molecule has 0 aromatic carbocycles. The second-order valence-corrected chi connectivity index (χ2v) is 5.93. The van der Waals surface area contributed by atoms with E-state index < -0.39 is 0 Å². The molecule has 1 aliphatic rings. The van der Waals surface area contributed by atoms with E-state index in [2.05, 4.69) is 45.0 Å². The third-order valence-electron chi connectivity index (χ3n) is 3.16. The molecule has 0 spiro atoms. The van der Waals surface area contributed by atoms with Gasteiger partial charge in [-0.2, -0.15) is 0 Å². The number of alkyl halides is 1. The molecular weight excluding hydrogens is 272 g/mol. The van der Waals surface area contributed by atoms with Gasteiger partial charge in [-0.05, 0) is 25.8 Å². The smallest absolute Gasteiger partial charge is 0.107 e. The van der Waals surface area contributed by atoms with Gasteiger partial charge in [0.1, 0.15) is 5.01 Å². The molecule has 2 unspecified atom stereocenters. The zero-order valence-electron chi connectivity index (χ0n) is 9.24. The first-order chi connectivity index (χ1) is 7.20. The average Bonchev–Trinajstić information content (AvgIpc) is 2.75. The van der Waals surface area contributed by atoms with Gasteiger partial charge in [-0.1, -0.05) is 22.9 Å². The number of likely N-dealkylation sites (tertiary alicyclic amines) is 1. The zero-order valence-corrected chi connectivity index (χ0v) is 11.6. The predicted octanol–water partition coefficient (Wildman–Crippen LogP) is 3.06. The van der Waals surface area contributed by atoms with E-state index in [9.17, 15) is 0 Å². The number of rotatable bonds is 3. The van der Waals surface area contributed by atoms with Crippen molar-refractivity contribution >= 4 is 27.3 Å². The first-order valence-electron chi connectivity index (χ1n) is 5.41. The molecular formula is C11H17BrN2S. The van der Waals surface area contributed by atoms with Gasteiger partial charge in [-0.15, -0.1) is 11.3 Å². The molecule has 0 amide bonds. The lowest BCUT2D eigenvalue weighted by Crippen LogP contribution is -2.32. The minimum absolute atomic E-state index is 0.689. The van der Waals surface area contributed by atoms with Crippen molar-refractivity contribution < 1.29 is 0 Å². The second kappa shape index (κ2) is 4.93. The van der Waals surface area contributed by atoms with E-state index in [1.54, 1.807) is 11.3 Å². The summed E-state index contributed by atoms with van der Waals surface area (Å²) < 4.78 is 0. The van der Waals surface area contributed by atoms with Crippen LogP contribution in [-0.4, -0.2) is 27.8 Å². The van der Waals surface area contributed by atoms with Crippen molar-refractivity contribution in [2.24, 2.45) is 5.92 Å². The Hall–Kier alpha value is 0.0700. The largest absolute Gasteiger partial charge is 0.293 e. The molecule has 2 nitrogen and oxygen atoms in total. The predicted molar refractivity (Wildman–Crippen MR) is 68.6 cm³/mol. The van der Waals surface area contributed by atoms with Crippen LogP contribution < -0.4 is 0 Å². The number of aromatic nitrogens is 1. The summed E-state index contributed by atoms with van der Waals surface area (Å²) in [4.78, 5) is 7.08. The number of aryl methyl sites for hydroxylation is 1. The quantitative estimate of drug-likeness (QED) is 0.795. The topological polar surface area (TPSA) is 16.1 Å². The average molecular weight is 289 g/mol. The molecule has 2 rings (SSSR count). The Kier molecular flexibility index (Phi) is 3.80. The first-order valence-corrected chi connectivity index (χ1v) is 7.42. The summed E-state index contributed by atoms with van der Waals surface area (Å²) in [6.07, 6.45) is 1.32. The van der Waals surface area contributed by atoms with Gasteiger partial charge in [0, 0.05) is 22.4 Å². The standard InChI is InChI=1S/C11H17BrN2S/c1-8-3-4-14(10(8)5-12)6-11-13-9(2)7-15-11/h7-8,10H,3-6H2,1-2H3. The molecule has 4 heteroatoms. The van der Waals surface area contributed by atoms with E-state index >= 15 is 0 Å². The molecule has 1 aromatic rings. The molecule has 1 aliphatic heterocycles. The number of nitrogens with zero attached hydrogens (tertiary/aromatic N) is 2. The molecule has 84 valence electrons. The monoisotopic (exact) mass is 288 g/mol. The fraction of sp³-hybridized carbons (Fsp3) is 0.727. The molecule has 2 atom stereocenters. The van der Waals surface area contributed by atoms with Crippen molar-refractivity contribution in [2.45, 2.75) is 32.9 Å². The SMILES string of the molecule is Cc1csc(CN2CCC(C)C2CBr)n1. The summed E-state index contributed by atoms with van der Waals surface area (Å²) in [5.74, 6) is 0.811. The lowest BCUT2D eigenvalue weighted by molar-refractivity contribution is 0.244. The Balaban J connectivity index is 2.00. The van der Waals surface area contributed by atoms with Crippen LogP contribution in [0.25, 0.3) is 0 Å². The molecule has 0 aliphatic carbocycles. The lowest BCUT2D eigenvalue weighted by Gasteiger charge is -2.23. The van der Waals surface area contributed by atoms with Crippen LogP contribution in [0.1, 0.15) is 24.0 Å². The number of thiazole rings is 1. The maximum atomic E-state index is 4.53. The minimum atomic E-state index is 0.689. The summed E-state index contributed by atoms with van der Waals surface area (Å²) in [7, 11) is 0. The molecule has 0 N–H and O–H groups in total. The van der Waals surface area contributed by atoms with Crippen LogP contribution in [0.5, 0.6) is 0 Å². The van der Waals surface area contributed by atoms with Gasteiger partial charge in [-0.25, -0.2) is 4.98 Å². The summed E-state index contributed by atoms with van der Waals surface area (Å²) >= 11 is 5.40. The van der Waals surface area contributed by atoms with Crippen molar-refractivity contribution in [3.8, 4) is 0 Å². The lowest BCUT2D eigenvalue weighted by atomic mass is 10.1. The Labute approximate surface area is 104 Å². The number of hydrogen-bond donors (Lipinski definition) is 0. The minimum Gasteiger partial charge on any atom is -0.293 e. The molecule has 1 fully saturated rings. The Morgan fingerprint density at radius 1 is 1.67 bits per heavy atom. The Bertz CT molecular complexity index is 326. The summed E-state index contributed by atoms with van der Waals surface area (Å²) in [5, 5.41) is 4.48. The number of halogens is 1. The Morgan fingerprint density at radius 3 is 3.07 bits per heavy atom. The summed E-state index contributed by atoms with van der Waals surface area (Å²) in [5.41, 5.74) is 1.15. The highest BCUT2D eigenvalue weighted by atomic mass is 79.9. The third kappa shape index (κ3) is 2.60. The van der Waals surface area contributed by atoms with E-state index in [0.717, 1.165) is 23.5 Å². The van der Waals surface area contributed by atoms with Gasteiger partial charge in [0.2, 0.25) is 0 Å². The van der Waals surface area contributed by atoms with Gasteiger partial charge in [0.05, 0.1) is 6.54 Å². The van der Waals surface area contributed by atoms with Crippen LogP contribution in [0.15, 0.2) is 5.38 Å². The third-order valence-corrected chi connectivity index (χ3v) is 4.78. The van der Waals surface area contributed by atoms with Gasteiger partial charge >= 0.3 is 0 Å². The number of hydrogen-bond acceptors (Lipinski definition) is 3. The van der Waals surface area contributed by atoms with E-state index in [1.165, 1.54) is 18.0 Å². The Morgan fingerprint density at radius 2 is 2.47 bits per heavy atom. The summed E-state index contributed by atoms with van der Waals surface area (Å²) in [6, 6.07) is 0.689. The fourth-order valence-electron chi connectivity index (χ4n) is 2.18. The molecule has 15 heavy (non-hydrogen) atoms. The molecule has 2 heterocycles. The second-order valence-electron chi connectivity index (χ2n) is 4.34. The summed E-state index contributed by atoms with van der Waals surface area (Å²) in [6.45, 7) is 6.66. The van der Waals surface area contributed by atoms with Gasteiger partial charge in [0.25, 0.3) is 0 Å². The van der Waals surface area contributed by atoms with Crippen molar-refractivity contribution in [1.29, 1.82) is 0 Å². The van der Waals surface area contributed by atoms with Gasteiger partial charge < -0.3 is 0 Å². The normalized spacial score (nSPS) is 27.4. The van der Waals surface area contributed by atoms with Crippen molar-refractivity contribution in [3.05, 3.63) is 16.1 Å². The van der Waals surface area contributed by atoms with Crippen LogP contribution >= 0.6 is 27.3 Å². The maximum Gasteiger partial charge on any atom is 0.107 e. The molecule has 0 saturated carbocycles.